The molecule has 3 rings (SSSR count). The quantitative estimate of drug-likeness (QED) is 0.595. The lowest BCUT2D eigenvalue weighted by Crippen LogP contribution is -2.26. The number of carbonyl (C=O) groups excluding carboxylic acids is 1. The van der Waals surface area contributed by atoms with E-state index in [-0.39, 0.29) is 5.91 Å². The zero-order chi connectivity index (χ0) is 16.1. The monoisotopic (exact) mass is 331 g/mol. The number of nitrogens with one attached hydrogen (secondary N) is 1. The van der Waals surface area contributed by atoms with Gasteiger partial charge in [-0.2, -0.15) is 0 Å². The molecule has 1 amide bonds. The summed E-state index contributed by atoms with van der Waals surface area (Å²) in [5.41, 5.74) is 1.01. The highest BCUT2D eigenvalue weighted by Crippen LogP contribution is 2.40. The lowest BCUT2D eigenvalue weighted by Gasteiger charge is -2.08. The van der Waals surface area contributed by atoms with Crippen molar-refractivity contribution < 1.29 is 4.79 Å². The predicted octanol–water partition coefficient (Wildman–Crippen LogP) is 2.68. The van der Waals surface area contributed by atoms with Crippen LogP contribution in [-0.2, 0) is 4.79 Å². The van der Waals surface area contributed by atoms with Crippen LogP contribution in [0, 0.1) is 0 Å². The fourth-order valence-electron chi connectivity index (χ4n) is 2.32. The average Bonchev–Trinajstić information content (AvgIpc) is 3.33. The van der Waals surface area contributed by atoms with Gasteiger partial charge in [0.05, 0.1) is 5.75 Å². The van der Waals surface area contributed by atoms with Crippen molar-refractivity contribution in [3.05, 3.63) is 24.5 Å². The van der Waals surface area contributed by atoms with Crippen molar-refractivity contribution >= 4 is 17.7 Å². The molecule has 2 aromatic rings. The minimum absolute atomic E-state index is 0.0549. The number of rotatable bonds is 8. The Kier molecular flexibility index (Phi) is 5.27. The van der Waals surface area contributed by atoms with E-state index in [0.717, 1.165) is 48.8 Å². The third kappa shape index (κ3) is 4.10. The Morgan fingerprint density at radius 3 is 2.83 bits per heavy atom. The minimum atomic E-state index is 0.0549. The van der Waals surface area contributed by atoms with Crippen LogP contribution in [0.5, 0.6) is 0 Å². The number of hydrogen-bond acceptors (Lipinski definition) is 5. The van der Waals surface area contributed by atoms with E-state index in [1.807, 2.05) is 12.1 Å². The molecule has 2 heterocycles. The first kappa shape index (κ1) is 16.0. The summed E-state index contributed by atoms with van der Waals surface area (Å²) in [6.07, 6.45) is 7.91. The zero-order valence-corrected chi connectivity index (χ0v) is 14.1. The van der Waals surface area contributed by atoms with Gasteiger partial charge in [0.25, 0.3) is 0 Å². The molecule has 7 heteroatoms. The Labute approximate surface area is 140 Å². The summed E-state index contributed by atoms with van der Waals surface area (Å²) >= 11 is 1.46. The number of thioether (sulfide) groups is 1. The molecule has 0 spiro atoms. The van der Waals surface area contributed by atoms with Gasteiger partial charge in [-0.05, 0) is 31.4 Å². The second-order valence-corrected chi connectivity index (χ2v) is 6.58. The fourth-order valence-corrected chi connectivity index (χ4v) is 3.16. The highest BCUT2D eigenvalue weighted by molar-refractivity contribution is 7.99. The van der Waals surface area contributed by atoms with E-state index < -0.39 is 0 Å². The molecule has 23 heavy (non-hydrogen) atoms. The van der Waals surface area contributed by atoms with E-state index in [1.165, 1.54) is 11.8 Å². The van der Waals surface area contributed by atoms with E-state index in [0.29, 0.717) is 11.8 Å². The minimum Gasteiger partial charge on any atom is -0.355 e. The molecule has 0 radical (unpaired) electrons. The highest BCUT2D eigenvalue weighted by Gasteiger charge is 2.30. The van der Waals surface area contributed by atoms with Crippen LogP contribution in [-0.4, -0.2) is 38.0 Å². The Bertz CT molecular complexity index is 654. The van der Waals surface area contributed by atoms with Crippen molar-refractivity contribution in [2.75, 3.05) is 12.3 Å². The number of nitrogens with zero attached hydrogens (tertiary/aromatic N) is 4. The zero-order valence-electron chi connectivity index (χ0n) is 13.2. The van der Waals surface area contributed by atoms with Gasteiger partial charge in [-0.15, -0.1) is 10.2 Å². The Morgan fingerprint density at radius 1 is 1.35 bits per heavy atom. The number of hydrogen-bond donors (Lipinski definition) is 1. The number of amides is 1. The SMILES string of the molecule is CCCCNC(=O)CSc1nnc(-c2ccncc2)n1C1CC1. The molecular formula is C16H21N5OS. The van der Waals surface area contributed by atoms with Gasteiger partial charge >= 0.3 is 0 Å². The number of unbranched alkanes of at least 4 members (excludes halogenated alkanes) is 1. The molecule has 0 aromatic carbocycles. The van der Waals surface area contributed by atoms with Gasteiger partial charge in [-0.25, -0.2) is 0 Å². The van der Waals surface area contributed by atoms with Gasteiger partial charge in [0.15, 0.2) is 11.0 Å². The molecule has 1 aliphatic carbocycles. The van der Waals surface area contributed by atoms with E-state index in [9.17, 15) is 4.79 Å². The van der Waals surface area contributed by atoms with E-state index in [1.54, 1.807) is 12.4 Å². The van der Waals surface area contributed by atoms with E-state index in [2.05, 4.69) is 32.0 Å². The maximum Gasteiger partial charge on any atom is 0.230 e. The maximum absolute atomic E-state index is 11.9. The Hall–Kier alpha value is -1.89. The Morgan fingerprint density at radius 2 is 2.13 bits per heavy atom. The average molecular weight is 331 g/mol. The van der Waals surface area contributed by atoms with Crippen molar-refractivity contribution in [3.63, 3.8) is 0 Å². The molecule has 1 fully saturated rings. The summed E-state index contributed by atoms with van der Waals surface area (Å²) in [6, 6.07) is 4.34. The van der Waals surface area contributed by atoms with Crippen molar-refractivity contribution in [1.29, 1.82) is 0 Å². The molecule has 1 N–H and O–H groups in total. The van der Waals surface area contributed by atoms with Crippen LogP contribution < -0.4 is 5.32 Å². The molecule has 6 nitrogen and oxygen atoms in total. The van der Waals surface area contributed by atoms with Crippen molar-refractivity contribution in [2.45, 2.75) is 43.8 Å². The first-order valence-corrected chi connectivity index (χ1v) is 9.03. The molecule has 122 valence electrons. The molecule has 2 aromatic heterocycles. The van der Waals surface area contributed by atoms with Crippen LogP contribution in [0.3, 0.4) is 0 Å². The van der Waals surface area contributed by atoms with Gasteiger partial charge in [-0.3, -0.25) is 14.3 Å². The smallest absolute Gasteiger partial charge is 0.230 e. The second-order valence-electron chi connectivity index (χ2n) is 5.64. The number of pyridine rings is 1. The van der Waals surface area contributed by atoms with Gasteiger partial charge in [0.2, 0.25) is 5.91 Å². The number of carbonyl (C=O) groups is 1. The van der Waals surface area contributed by atoms with E-state index >= 15 is 0 Å². The van der Waals surface area contributed by atoms with Crippen LogP contribution in [0.25, 0.3) is 11.4 Å². The maximum atomic E-state index is 11.9. The predicted molar refractivity (Wildman–Crippen MR) is 90.2 cm³/mol. The summed E-state index contributed by atoms with van der Waals surface area (Å²) < 4.78 is 2.17. The van der Waals surface area contributed by atoms with Crippen molar-refractivity contribution in [2.24, 2.45) is 0 Å². The normalized spacial score (nSPS) is 14.0. The summed E-state index contributed by atoms with van der Waals surface area (Å²) in [5.74, 6) is 1.30. The van der Waals surface area contributed by atoms with Crippen LogP contribution in [0.4, 0.5) is 0 Å². The van der Waals surface area contributed by atoms with Gasteiger partial charge in [-0.1, -0.05) is 25.1 Å². The third-order valence-electron chi connectivity index (χ3n) is 3.70. The fraction of sp³-hybridized carbons (Fsp3) is 0.500. The first-order chi connectivity index (χ1) is 11.3. The lowest BCUT2D eigenvalue weighted by molar-refractivity contribution is -0.118. The molecule has 1 aliphatic rings. The second kappa shape index (κ2) is 7.59. The first-order valence-electron chi connectivity index (χ1n) is 8.04. The molecule has 0 aliphatic heterocycles. The van der Waals surface area contributed by atoms with Gasteiger partial charge < -0.3 is 5.32 Å². The van der Waals surface area contributed by atoms with Crippen LogP contribution in [0.1, 0.15) is 38.6 Å². The molecule has 0 saturated heterocycles. The third-order valence-corrected chi connectivity index (χ3v) is 4.64. The molecule has 1 saturated carbocycles. The largest absolute Gasteiger partial charge is 0.355 e. The molecular weight excluding hydrogens is 310 g/mol. The van der Waals surface area contributed by atoms with E-state index in [4.69, 9.17) is 0 Å². The topological polar surface area (TPSA) is 72.7 Å². The van der Waals surface area contributed by atoms with Crippen LogP contribution >= 0.6 is 11.8 Å². The summed E-state index contributed by atoms with van der Waals surface area (Å²) in [6.45, 7) is 2.85. The highest BCUT2D eigenvalue weighted by atomic mass is 32.2. The van der Waals surface area contributed by atoms with Crippen molar-refractivity contribution in [1.82, 2.24) is 25.1 Å². The molecule has 0 atom stereocenters. The summed E-state index contributed by atoms with van der Waals surface area (Å²) in [5, 5.41) is 12.4. The van der Waals surface area contributed by atoms with Gasteiger partial charge in [0, 0.05) is 30.5 Å². The lowest BCUT2D eigenvalue weighted by atomic mass is 10.2. The summed E-state index contributed by atoms with van der Waals surface area (Å²) in [4.78, 5) is 15.9. The van der Waals surface area contributed by atoms with Crippen molar-refractivity contribution in [3.8, 4) is 11.4 Å². The Balaban J connectivity index is 1.68. The van der Waals surface area contributed by atoms with Crippen LogP contribution in [0.15, 0.2) is 29.7 Å². The standard InChI is InChI=1S/C16H21N5OS/c1-2-3-8-18-14(22)11-23-16-20-19-15(21(16)13-4-5-13)12-6-9-17-10-7-12/h6-7,9-10,13H,2-5,8,11H2,1H3,(H,18,22). The summed E-state index contributed by atoms with van der Waals surface area (Å²) in [7, 11) is 0. The molecule has 0 bridgehead atoms. The van der Waals surface area contributed by atoms with Crippen LogP contribution in [0.2, 0.25) is 0 Å². The molecule has 0 unspecified atom stereocenters. The van der Waals surface area contributed by atoms with Gasteiger partial charge in [0.1, 0.15) is 0 Å². The number of aromatic nitrogens is 4.